The van der Waals surface area contributed by atoms with Crippen LogP contribution in [0.5, 0.6) is 0 Å². The standard InChI is InChI=1S/C10H16O4.C10H14O4.C8H14O3.C8H18O2.C7H12O4.C6H8O4.C5H10O2.C4H8O2.C4H9O.C4H6.C2H6.4CH4.Al.2Li.2H2O.H/c2*1-3-13-9(12)10(8(2)11)6-4-5-7-14-10;1-7(10)8(6-9)4-2-3-5-11-8;1-7(2,3)9-10-8(4,5)6;8-5-7(6(9)10)3-1-2-4-11-7;1-3-10-6(9)5(8)4(2)7;6-4-5-2-1-3-7-5;1-3-6-4(2)5;1-4(2,3)5;1-3-4-2;1-2;;;;;;;;;;/h3-7H2,1-2H3;4-5H,3,6-7H2,1-2H3;9H,2-6H2,1H3;1-6H3;8H,1-5H2,(H,9,10);3H2,1-2H3;5-6H,1-4H2;3H2,1-2H3;1-3H3;3-4H,1-2H2;1-2H3;4*1H4;;;;2*1H2;/q;;;;;;;;-1;;;;;;;+1;;+1;;;/p-1. The van der Waals surface area contributed by atoms with E-state index >= 15 is 0 Å². The molecule has 602 valence electrons. The van der Waals surface area contributed by atoms with Crippen LogP contribution in [0.15, 0.2) is 37.5 Å². The Kier molecular flexibility index (Phi) is 95.9. The smallest absolute Gasteiger partial charge is 0.870 e. The van der Waals surface area contributed by atoms with Crippen molar-refractivity contribution in [3.8, 4) is 0 Å². The first-order chi connectivity index (χ1) is 44.2. The SMILES string of the molecule is C.C.C.C.C=CC=C.CC.CC(=O)C1(CO)CCCCO1.CC(C)(C)OOC(C)(C)C.CC(C)(C)[O][AlH].CCOC(=O)C(=O)C(C)=O.CCOC(=O)C1(C(C)=O)CC=CCO1.CCOC(=O)C1(C(C)=O)CCCCO1.CCOC(C)=O.O.O=C(O)C1(CO)CCCCO1.OCC1CCCO1.[Li+].[Li].[OH-]. The molecule has 31 heteroatoms. The number of ketones is 5. The van der Waals surface area contributed by atoms with Gasteiger partial charge in [-0.25, -0.2) is 29.0 Å². The largest absolute Gasteiger partial charge is 1.00 e. The van der Waals surface area contributed by atoms with Crippen LogP contribution in [0.2, 0.25) is 0 Å². The Morgan fingerprint density at radius 1 is 0.544 bits per heavy atom. The van der Waals surface area contributed by atoms with Crippen LogP contribution < -0.4 is 18.9 Å². The van der Waals surface area contributed by atoms with Crippen molar-refractivity contribution < 1.29 is 154 Å². The van der Waals surface area contributed by atoms with Crippen LogP contribution in [0.25, 0.3) is 0 Å². The number of carboxylic acid groups (broad SMARTS) is 1. The van der Waals surface area contributed by atoms with E-state index in [9.17, 15) is 47.9 Å². The van der Waals surface area contributed by atoms with Gasteiger partial charge in [-0.05, 0) is 181 Å². The number of allylic oxidation sites excluding steroid dienone is 2. The monoisotopic (exact) mass is 1490 g/mol. The fourth-order valence-electron chi connectivity index (χ4n) is 7.13. The van der Waals surface area contributed by atoms with Gasteiger partial charge in [0.25, 0.3) is 0 Å². The summed E-state index contributed by atoms with van der Waals surface area (Å²) in [4.78, 5) is 119. The van der Waals surface area contributed by atoms with Crippen LogP contribution in [0.4, 0.5) is 0 Å². The van der Waals surface area contributed by atoms with Gasteiger partial charge >= 0.3 is 71.1 Å². The normalized spacial score (nSPS) is 19.7. The van der Waals surface area contributed by atoms with E-state index in [1.807, 2.05) is 76.2 Å². The van der Waals surface area contributed by atoms with Gasteiger partial charge in [-0.1, -0.05) is 81.0 Å². The summed E-state index contributed by atoms with van der Waals surface area (Å²) >= 11 is 1.54. The van der Waals surface area contributed by atoms with E-state index < -0.39 is 64.5 Å². The number of aliphatic hydroxyl groups excluding tert-OH is 3. The van der Waals surface area contributed by atoms with Crippen LogP contribution in [-0.2, 0) is 104 Å². The summed E-state index contributed by atoms with van der Waals surface area (Å²) in [6.07, 6.45) is 16.3. The van der Waals surface area contributed by atoms with Gasteiger partial charge in [-0.2, -0.15) is 0 Å². The number of Topliss-reactive ketones (excluding diaryl/α,β-unsaturated/α-hetero) is 5. The van der Waals surface area contributed by atoms with Gasteiger partial charge in [0.1, 0.15) is 5.60 Å². The number of carbonyl (C=O) groups is 10. The number of rotatable bonds is 17. The Bertz CT molecular complexity index is 2150. The van der Waals surface area contributed by atoms with Crippen LogP contribution >= 0.6 is 0 Å². The molecule has 5 rings (SSSR count). The second-order valence-corrected chi connectivity index (χ2v) is 24.0. The zero-order valence-corrected chi connectivity index (χ0v) is 65.6. The van der Waals surface area contributed by atoms with Gasteiger partial charge in [0.2, 0.25) is 17.0 Å². The zero-order valence-electron chi connectivity index (χ0n) is 64.2. The molecule has 5 atom stereocenters. The number of aliphatic hydroxyl groups is 3. The van der Waals surface area contributed by atoms with Crippen molar-refractivity contribution in [3.63, 3.8) is 0 Å². The Morgan fingerprint density at radius 2 is 0.922 bits per heavy atom. The molecule has 2 radical (unpaired) electrons. The maximum absolute atomic E-state index is 11.6. The Labute approximate surface area is 652 Å². The molecule has 0 aromatic rings. The molecule has 0 amide bonds. The molecule has 0 saturated carbocycles. The first-order valence-corrected chi connectivity index (χ1v) is 32.9. The fraction of sp³-hybridized carbons (Fsp3) is 0.778. The number of ether oxygens (including phenoxy) is 9. The molecule has 5 aliphatic rings. The number of hydrogen-bond acceptors (Lipinski definition) is 26. The van der Waals surface area contributed by atoms with E-state index in [4.69, 9.17) is 67.1 Å². The van der Waals surface area contributed by atoms with Gasteiger partial charge < -0.3 is 77.8 Å². The van der Waals surface area contributed by atoms with E-state index in [0.29, 0.717) is 45.7 Å². The predicted octanol–water partition coefficient (Wildman–Crippen LogP) is 6.58. The number of esters is 4. The molecule has 5 unspecified atom stereocenters. The van der Waals surface area contributed by atoms with Crippen molar-refractivity contribution in [2.45, 2.75) is 291 Å². The van der Waals surface area contributed by atoms with Crippen LogP contribution in [0.3, 0.4) is 0 Å². The minimum absolute atomic E-state index is 0. The van der Waals surface area contributed by atoms with Crippen molar-refractivity contribution in [2.24, 2.45) is 0 Å². The molecule has 5 aliphatic heterocycles. The van der Waals surface area contributed by atoms with E-state index in [1.165, 1.54) is 44.3 Å². The molecule has 0 aliphatic carbocycles. The van der Waals surface area contributed by atoms with Gasteiger partial charge in [0.05, 0.1) is 70.2 Å². The van der Waals surface area contributed by atoms with Crippen molar-refractivity contribution >= 4 is 94.2 Å². The van der Waals surface area contributed by atoms with Crippen molar-refractivity contribution in [1.29, 1.82) is 0 Å². The zero-order chi connectivity index (χ0) is 75.1. The average molecular weight is 1500 g/mol. The second-order valence-electron chi connectivity index (χ2n) is 23.7. The maximum Gasteiger partial charge on any atom is 1.00 e. The van der Waals surface area contributed by atoms with Crippen molar-refractivity contribution in [2.75, 3.05) is 79.3 Å². The number of aliphatic carboxylic acids is 1. The summed E-state index contributed by atoms with van der Waals surface area (Å²) < 4.78 is 49.2. The topological polar surface area (TPSA) is 424 Å². The molecule has 0 aromatic carbocycles. The van der Waals surface area contributed by atoms with E-state index in [-0.39, 0.29) is 171 Å². The van der Waals surface area contributed by atoms with E-state index in [0.717, 1.165) is 64.9 Å². The second kappa shape index (κ2) is 75.0. The fourth-order valence-corrected chi connectivity index (χ4v) is 7.13. The molecular formula is C72H141AlLi2O28. The maximum atomic E-state index is 11.6. The van der Waals surface area contributed by atoms with Gasteiger partial charge in [-0.15, -0.1) is 0 Å². The summed E-state index contributed by atoms with van der Waals surface area (Å²) in [5.74, 6) is -5.97. The summed E-state index contributed by atoms with van der Waals surface area (Å²) in [5, 5.41) is 34.9. The Hall–Kier alpha value is -3.87. The Morgan fingerprint density at radius 3 is 1.12 bits per heavy atom. The summed E-state index contributed by atoms with van der Waals surface area (Å²) in [7, 11) is 0. The van der Waals surface area contributed by atoms with E-state index in [2.05, 4.69) is 22.6 Å². The number of hydrogen-bond donors (Lipinski definition) is 4. The van der Waals surface area contributed by atoms with Crippen molar-refractivity contribution in [1.82, 2.24) is 0 Å². The van der Waals surface area contributed by atoms with Gasteiger partial charge in [0, 0.05) is 71.2 Å². The molecule has 0 spiro atoms. The molecule has 0 bridgehead atoms. The van der Waals surface area contributed by atoms with Gasteiger partial charge in [-0.3, -0.25) is 28.8 Å². The van der Waals surface area contributed by atoms with Crippen LogP contribution in [-0.4, -0.2) is 250 Å². The first-order valence-electron chi connectivity index (χ1n) is 32.3. The summed E-state index contributed by atoms with van der Waals surface area (Å²) in [5.41, 5.74) is -5.26. The molecule has 103 heavy (non-hydrogen) atoms. The average Bonchev–Trinajstić information content (AvgIpc) is 0.925. The summed E-state index contributed by atoms with van der Waals surface area (Å²) in [6, 6.07) is 0. The summed E-state index contributed by atoms with van der Waals surface area (Å²) in [6.45, 7) is 45.2. The van der Waals surface area contributed by atoms with Gasteiger partial charge in [0.15, 0.2) is 23.0 Å². The van der Waals surface area contributed by atoms with Crippen LogP contribution in [0.1, 0.15) is 245 Å². The third-order valence-corrected chi connectivity index (χ3v) is 13.2. The minimum atomic E-state index is -1.40. The van der Waals surface area contributed by atoms with Crippen LogP contribution in [0, 0.1) is 0 Å². The molecule has 4 fully saturated rings. The molecule has 7 N–H and O–H groups in total. The van der Waals surface area contributed by atoms with E-state index in [1.54, 1.807) is 52.0 Å². The molecular weight excluding hydrogens is 1350 g/mol. The third kappa shape index (κ3) is 65.0. The molecule has 28 nitrogen and oxygen atoms in total. The molecule has 0 aromatic heterocycles. The first kappa shape index (κ1) is 132. The predicted molar refractivity (Wildman–Crippen MR) is 397 cm³/mol. The minimum Gasteiger partial charge on any atom is -0.870 e. The molecule has 4 saturated heterocycles. The van der Waals surface area contributed by atoms with Crippen molar-refractivity contribution in [3.05, 3.63) is 37.5 Å². The quantitative estimate of drug-likeness (QED) is 0.0137. The third-order valence-electron chi connectivity index (χ3n) is 12.4. The Balaban J connectivity index is -0.0000000715. The number of carboxylic acids is 1. The number of carbonyl (C=O) groups excluding carboxylic acids is 9. The molecule has 5 heterocycles.